The average molecular weight is 316 g/mol. The number of hydrogen-bond donors (Lipinski definition) is 2. The van der Waals surface area contributed by atoms with Gasteiger partial charge in [0.1, 0.15) is 5.82 Å². The Hall–Kier alpha value is -1.81. The van der Waals surface area contributed by atoms with Gasteiger partial charge >= 0.3 is 0 Å². The predicted octanol–water partition coefficient (Wildman–Crippen LogP) is 4.19. The van der Waals surface area contributed by atoms with Gasteiger partial charge in [-0.15, -0.1) is 0 Å². The second kappa shape index (κ2) is 4.38. The van der Waals surface area contributed by atoms with Crippen LogP contribution in [0.2, 0.25) is 0 Å². The molecule has 19 heavy (non-hydrogen) atoms. The highest BCUT2D eigenvalue weighted by Crippen LogP contribution is 2.28. The number of aromatic amines is 1. The first-order chi connectivity index (χ1) is 9.04. The molecule has 0 aliphatic carbocycles. The minimum Gasteiger partial charge on any atom is -0.398 e. The van der Waals surface area contributed by atoms with Crippen molar-refractivity contribution in [3.05, 3.63) is 45.9 Å². The van der Waals surface area contributed by atoms with Gasteiger partial charge in [0.15, 0.2) is 0 Å². The molecule has 3 nitrogen and oxygen atoms in total. The van der Waals surface area contributed by atoms with Gasteiger partial charge in [0.2, 0.25) is 0 Å². The summed E-state index contributed by atoms with van der Waals surface area (Å²) in [5.74, 6) is 0.850. The van der Waals surface area contributed by atoms with Gasteiger partial charge in [0, 0.05) is 15.7 Å². The number of fused-ring (bicyclic) bond motifs is 1. The first kappa shape index (κ1) is 12.2. The number of nitrogen functional groups attached to an aromatic ring is 1. The number of H-pyrrole nitrogens is 1. The third-order valence-corrected chi connectivity index (χ3v) is 3.91. The molecule has 1 aromatic heterocycles. The van der Waals surface area contributed by atoms with Crippen LogP contribution in [-0.4, -0.2) is 9.97 Å². The Morgan fingerprint density at radius 3 is 2.68 bits per heavy atom. The first-order valence-electron chi connectivity index (χ1n) is 6.07. The molecule has 0 fully saturated rings. The number of benzene rings is 2. The fraction of sp³-hybridized carbons (Fsp3) is 0.133. The topological polar surface area (TPSA) is 54.7 Å². The van der Waals surface area contributed by atoms with Gasteiger partial charge in [0.05, 0.1) is 11.0 Å². The maximum absolute atomic E-state index is 5.92. The molecule has 96 valence electrons. The van der Waals surface area contributed by atoms with Crippen LogP contribution in [0.3, 0.4) is 0 Å². The minimum atomic E-state index is 0.714. The Labute approximate surface area is 120 Å². The SMILES string of the molecule is Cc1cc(C)c2nc(-c3ccc(Br)c(N)c3)[nH]c2c1. The summed E-state index contributed by atoms with van der Waals surface area (Å²) in [4.78, 5) is 8.03. The lowest BCUT2D eigenvalue weighted by Crippen LogP contribution is -1.88. The zero-order valence-electron chi connectivity index (χ0n) is 10.8. The Kier molecular flexibility index (Phi) is 2.82. The number of hydrogen-bond acceptors (Lipinski definition) is 2. The van der Waals surface area contributed by atoms with Crippen LogP contribution in [0.1, 0.15) is 11.1 Å². The standard InChI is InChI=1S/C15H14BrN3/c1-8-5-9(2)14-13(6-8)18-15(19-14)10-3-4-11(16)12(17)7-10/h3-7H,17H2,1-2H3,(H,18,19). The monoisotopic (exact) mass is 315 g/mol. The second-order valence-corrected chi connectivity index (χ2v) is 5.65. The molecular formula is C15H14BrN3. The van der Waals surface area contributed by atoms with E-state index in [0.717, 1.165) is 26.9 Å². The van der Waals surface area contributed by atoms with Gasteiger partial charge in [-0.1, -0.05) is 6.07 Å². The molecule has 4 heteroatoms. The molecule has 3 aromatic rings. The molecule has 0 saturated carbocycles. The van der Waals surface area contributed by atoms with Gasteiger partial charge < -0.3 is 10.7 Å². The van der Waals surface area contributed by atoms with E-state index in [1.54, 1.807) is 0 Å². The highest BCUT2D eigenvalue weighted by Gasteiger charge is 2.09. The van der Waals surface area contributed by atoms with E-state index in [-0.39, 0.29) is 0 Å². The van der Waals surface area contributed by atoms with Crippen LogP contribution >= 0.6 is 15.9 Å². The minimum absolute atomic E-state index is 0.714. The molecule has 0 spiro atoms. The summed E-state index contributed by atoms with van der Waals surface area (Å²) in [5, 5.41) is 0. The normalized spacial score (nSPS) is 11.1. The number of rotatable bonds is 1. The molecule has 0 bridgehead atoms. The summed E-state index contributed by atoms with van der Waals surface area (Å²) in [7, 11) is 0. The van der Waals surface area contributed by atoms with Gasteiger partial charge in [-0.25, -0.2) is 4.98 Å². The number of aryl methyl sites for hydroxylation is 2. The summed E-state index contributed by atoms with van der Waals surface area (Å²) in [5.41, 5.74) is 12.1. The van der Waals surface area contributed by atoms with Crippen LogP contribution in [0.15, 0.2) is 34.8 Å². The number of imidazole rings is 1. The zero-order chi connectivity index (χ0) is 13.6. The van der Waals surface area contributed by atoms with Crippen molar-refractivity contribution in [2.45, 2.75) is 13.8 Å². The van der Waals surface area contributed by atoms with Crippen LogP contribution in [0.5, 0.6) is 0 Å². The molecule has 3 rings (SSSR count). The maximum Gasteiger partial charge on any atom is 0.138 e. The van der Waals surface area contributed by atoms with Crippen molar-refractivity contribution < 1.29 is 0 Å². The van der Waals surface area contributed by atoms with Gasteiger partial charge in [0.25, 0.3) is 0 Å². The lowest BCUT2D eigenvalue weighted by atomic mass is 10.1. The Bertz CT molecular complexity index is 774. The fourth-order valence-corrected chi connectivity index (χ4v) is 2.55. The van der Waals surface area contributed by atoms with E-state index >= 15 is 0 Å². The van der Waals surface area contributed by atoms with Gasteiger partial charge in [-0.2, -0.15) is 0 Å². The second-order valence-electron chi connectivity index (χ2n) is 4.80. The van der Waals surface area contributed by atoms with E-state index in [0.29, 0.717) is 5.69 Å². The number of anilines is 1. The molecule has 3 N–H and O–H groups in total. The Balaban J connectivity index is 2.20. The van der Waals surface area contributed by atoms with E-state index < -0.39 is 0 Å². The van der Waals surface area contributed by atoms with Crippen molar-refractivity contribution in [3.8, 4) is 11.4 Å². The molecule has 2 aromatic carbocycles. The molecule has 0 saturated heterocycles. The maximum atomic E-state index is 5.92. The largest absolute Gasteiger partial charge is 0.398 e. The van der Waals surface area contributed by atoms with E-state index in [1.807, 2.05) is 18.2 Å². The molecule has 0 amide bonds. The number of aromatic nitrogens is 2. The molecule has 0 aliphatic heterocycles. The fourth-order valence-electron chi connectivity index (χ4n) is 2.30. The quantitative estimate of drug-likeness (QED) is 0.661. The summed E-state index contributed by atoms with van der Waals surface area (Å²) < 4.78 is 0.902. The van der Waals surface area contributed by atoms with E-state index in [1.165, 1.54) is 11.1 Å². The van der Waals surface area contributed by atoms with Gasteiger partial charge in [-0.05, 0) is 65.2 Å². The number of nitrogens with zero attached hydrogens (tertiary/aromatic N) is 1. The number of halogens is 1. The number of nitrogens with one attached hydrogen (secondary N) is 1. The molecule has 1 heterocycles. The lowest BCUT2D eigenvalue weighted by molar-refractivity contribution is 1.33. The summed E-state index contributed by atoms with van der Waals surface area (Å²) in [6, 6.07) is 10.1. The van der Waals surface area contributed by atoms with Crippen molar-refractivity contribution >= 4 is 32.7 Å². The highest BCUT2D eigenvalue weighted by atomic mass is 79.9. The third-order valence-electron chi connectivity index (χ3n) is 3.19. The number of nitrogens with two attached hydrogens (primary N) is 1. The van der Waals surface area contributed by atoms with Gasteiger partial charge in [-0.3, -0.25) is 0 Å². The van der Waals surface area contributed by atoms with E-state index in [4.69, 9.17) is 5.73 Å². The molecule has 0 unspecified atom stereocenters. The molecule has 0 atom stereocenters. The Morgan fingerprint density at radius 1 is 1.16 bits per heavy atom. The third kappa shape index (κ3) is 2.12. The van der Waals surface area contributed by atoms with Crippen LogP contribution in [0, 0.1) is 13.8 Å². The van der Waals surface area contributed by atoms with Crippen molar-refractivity contribution in [3.63, 3.8) is 0 Å². The predicted molar refractivity (Wildman–Crippen MR) is 83.1 cm³/mol. The zero-order valence-corrected chi connectivity index (χ0v) is 12.4. The van der Waals surface area contributed by atoms with Crippen LogP contribution < -0.4 is 5.73 Å². The van der Waals surface area contributed by atoms with Crippen LogP contribution in [0.25, 0.3) is 22.4 Å². The first-order valence-corrected chi connectivity index (χ1v) is 6.86. The van der Waals surface area contributed by atoms with Crippen LogP contribution in [0.4, 0.5) is 5.69 Å². The van der Waals surface area contributed by atoms with Crippen LogP contribution in [-0.2, 0) is 0 Å². The summed E-state index contributed by atoms with van der Waals surface area (Å²) >= 11 is 3.40. The lowest BCUT2D eigenvalue weighted by Gasteiger charge is -2.00. The van der Waals surface area contributed by atoms with Crippen molar-refractivity contribution in [1.29, 1.82) is 0 Å². The van der Waals surface area contributed by atoms with Crippen molar-refractivity contribution in [2.24, 2.45) is 0 Å². The van der Waals surface area contributed by atoms with Crippen molar-refractivity contribution in [2.75, 3.05) is 5.73 Å². The van der Waals surface area contributed by atoms with E-state index in [2.05, 4.69) is 51.9 Å². The van der Waals surface area contributed by atoms with Crippen molar-refractivity contribution in [1.82, 2.24) is 9.97 Å². The summed E-state index contributed by atoms with van der Waals surface area (Å²) in [6.07, 6.45) is 0. The molecule has 0 radical (unpaired) electrons. The molecule has 0 aliphatic rings. The van der Waals surface area contributed by atoms with E-state index in [9.17, 15) is 0 Å². The summed E-state index contributed by atoms with van der Waals surface area (Å²) in [6.45, 7) is 4.17. The molecular weight excluding hydrogens is 302 g/mol. The highest BCUT2D eigenvalue weighted by molar-refractivity contribution is 9.10. The average Bonchev–Trinajstić information content (AvgIpc) is 2.76. The smallest absolute Gasteiger partial charge is 0.138 e. The Morgan fingerprint density at radius 2 is 1.95 bits per heavy atom.